The Morgan fingerprint density at radius 1 is 1.17 bits per heavy atom. The van der Waals surface area contributed by atoms with Crippen LogP contribution >= 0.6 is 15.9 Å². The van der Waals surface area contributed by atoms with Crippen LogP contribution in [-0.4, -0.2) is 38.6 Å². The number of methoxy groups -OCH3 is 1. The molecule has 0 spiro atoms. The number of ether oxygens (including phenoxy) is 1. The molecule has 2 rings (SSSR count). The van der Waals surface area contributed by atoms with Gasteiger partial charge in [0.1, 0.15) is 5.75 Å². The topological polar surface area (TPSA) is 41.6 Å². The molecule has 0 heterocycles. The molecule has 0 fully saturated rings. The zero-order chi connectivity index (χ0) is 17.5. The van der Waals surface area contributed by atoms with Crippen LogP contribution < -0.4 is 10.1 Å². The second kappa shape index (κ2) is 8.85. The highest BCUT2D eigenvalue weighted by Crippen LogP contribution is 2.24. The molecule has 5 heteroatoms. The lowest BCUT2D eigenvalue weighted by molar-refractivity contribution is 0.102. The van der Waals surface area contributed by atoms with Gasteiger partial charge in [-0.25, -0.2) is 0 Å². The van der Waals surface area contributed by atoms with Crippen LogP contribution in [0.4, 0.5) is 5.69 Å². The molecular formula is C19H23BrN2O2. The maximum atomic E-state index is 12.3. The van der Waals surface area contributed by atoms with Gasteiger partial charge in [0.15, 0.2) is 0 Å². The van der Waals surface area contributed by atoms with Crippen LogP contribution in [0.15, 0.2) is 46.9 Å². The van der Waals surface area contributed by atoms with Gasteiger partial charge in [0.25, 0.3) is 5.91 Å². The molecule has 0 aliphatic heterocycles. The van der Waals surface area contributed by atoms with E-state index in [-0.39, 0.29) is 5.91 Å². The number of rotatable bonds is 7. The first-order valence-corrected chi connectivity index (χ1v) is 8.67. The zero-order valence-electron chi connectivity index (χ0n) is 14.3. The number of nitrogens with one attached hydrogen (secondary N) is 1. The van der Waals surface area contributed by atoms with Crippen molar-refractivity contribution in [1.82, 2.24) is 4.90 Å². The van der Waals surface area contributed by atoms with E-state index in [4.69, 9.17) is 4.74 Å². The van der Waals surface area contributed by atoms with Gasteiger partial charge >= 0.3 is 0 Å². The number of benzene rings is 2. The lowest BCUT2D eigenvalue weighted by Crippen LogP contribution is -2.14. The minimum Gasteiger partial charge on any atom is -0.496 e. The van der Waals surface area contributed by atoms with Crippen molar-refractivity contribution in [1.29, 1.82) is 0 Å². The average Bonchev–Trinajstić information content (AvgIpc) is 2.55. The van der Waals surface area contributed by atoms with E-state index in [1.165, 1.54) is 0 Å². The number of aryl methyl sites for hydroxylation is 1. The van der Waals surface area contributed by atoms with Crippen molar-refractivity contribution < 1.29 is 9.53 Å². The predicted molar refractivity (Wildman–Crippen MR) is 102 cm³/mol. The third kappa shape index (κ3) is 5.35. The van der Waals surface area contributed by atoms with Gasteiger partial charge in [-0.1, -0.05) is 15.9 Å². The molecule has 24 heavy (non-hydrogen) atoms. The first-order chi connectivity index (χ1) is 11.5. The van der Waals surface area contributed by atoms with Crippen LogP contribution in [0.3, 0.4) is 0 Å². The summed E-state index contributed by atoms with van der Waals surface area (Å²) in [5.74, 6) is 0.738. The first-order valence-electron chi connectivity index (χ1n) is 7.88. The van der Waals surface area contributed by atoms with E-state index in [0.29, 0.717) is 5.56 Å². The largest absolute Gasteiger partial charge is 0.496 e. The van der Waals surface area contributed by atoms with Crippen molar-refractivity contribution in [3.63, 3.8) is 0 Å². The van der Waals surface area contributed by atoms with E-state index < -0.39 is 0 Å². The number of hydrogen-bond acceptors (Lipinski definition) is 3. The molecule has 0 saturated carbocycles. The molecule has 0 saturated heterocycles. The van der Waals surface area contributed by atoms with Gasteiger partial charge in [-0.2, -0.15) is 0 Å². The zero-order valence-corrected chi connectivity index (χ0v) is 15.9. The molecule has 1 amide bonds. The summed E-state index contributed by atoms with van der Waals surface area (Å²) in [6, 6.07) is 13.1. The van der Waals surface area contributed by atoms with Crippen molar-refractivity contribution in [3.8, 4) is 5.75 Å². The molecule has 2 aromatic rings. The van der Waals surface area contributed by atoms with Gasteiger partial charge in [-0.3, -0.25) is 4.79 Å². The Morgan fingerprint density at radius 3 is 2.50 bits per heavy atom. The summed E-state index contributed by atoms with van der Waals surface area (Å²) in [7, 11) is 5.79. The molecule has 1 N–H and O–H groups in total. The van der Waals surface area contributed by atoms with Gasteiger partial charge in [-0.05, 0) is 81.5 Å². The van der Waals surface area contributed by atoms with Crippen molar-refractivity contribution in [2.45, 2.75) is 12.8 Å². The monoisotopic (exact) mass is 390 g/mol. The van der Waals surface area contributed by atoms with Crippen LogP contribution in [0.25, 0.3) is 0 Å². The lowest BCUT2D eigenvalue weighted by Gasteiger charge is -2.13. The standard InChI is InChI=1S/C19H23BrN2O2/c1-22(2)12-4-5-15-13-17(10-11-18(15)24-3)21-19(23)14-6-8-16(20)9-7-14/h6-11,13H,4-5,12H2,1-3H3,(H,21,23). The number of anilines is 1. The second-order valence-corrected chi connectivity index (χ2v) is 6.81. The molecule has 128 valence electrons. The maximum Gasteiger partial charge on any atom is 0.255 e. The number of nitrogens with zero attached hydrogens (tertiary/aromatic N) is 1. The van der Waals surface area contributed by atoms with Gasteiger partial charge in [0.05, 0.1) is 7.11 Å². The predicted octanol–water partition coefficient (Wildman–Crippen LogP) is 4.20. The first kappa shape index (κ1) is 18.5. The van der Waals surface area contributed by atoms with E-state index in [1.807, 2.05) is 30.3 Å². The van der Waals surface area contributed by atoms with Gasteiger partial charge in [0, 0.05) is 15.7 Å². The Balaban J connectivity index is 2.09. The van der Waals surface area contributed by atoms with Gasteiger partial charge < -0.3 is 15.0 Å². The molecule has 0 aromatic heterocycles. The second-order valence-electron chi connectivity index (χ2n) is 5.89. The Morgan fingerprint density at radius 2 is 1.88 bits per heavy atom. The molecule has 0 aliphatic carbocycles. The highest BCUT2D eigenvalue weighted by molar-refractivity contribution is 9.10. The van der Waals surface area contributed by atoms with Crippen LogP contribution in [0.2, 0.25) is 0 Å². The minimum atomic E-state index is -0.119. The highest BCUT2D eigenvalue weighted by atomic mass is 79.9. The summed E-state index contributed by atoms with van der Waals surface area (Å²) >= 11 is 3.37. The summed E-state index contributed by atoms with van der Waals surface area (Å²) in [5, 5.41) is 2.95. The Bertz CT molecular complexity index is 684. The van der Waals surface area contributed by atoms with Gasteiger partial charge in [-0.15, -0.1) is 0 Å². The molecule has 0 bridgehead atoms. The van der Waals surface area contributed by atoms with Crippen LogP contribution in [0, 0.1) is 0 Å². The fourth-order valence-electron chi connectivity index (χ4n) is 2.44. The summed E-state index contributed by atoms with van der Waals surface area (Å²) in [5.41, 5.74) is 2.51. The molecule has 4 nitrogen and oxygen atoms in total. The van der Waals surface area contributed by atoms with E-state index in [2.05, 4.69) is 40.2 Å². The average molecular weight is 391 g/mol. The summed E-state index contributed by atoms with van der Waals surface area (Å²) in [6.45, 7) is 1.01. The Kier molecular flexibility index (Phi) is 6.82. The maximum absolute atomic E-state index is 12.3. The fraction of sp³-hybridized carbons (Fsp3) is 0.316. The third-order valence-corrected chi connectivity index (χ3v) is 4.22. The number of amides is 1. The van der Waals surface area contributed by atoms with E-state index in [1.54, 1.807) is 19.2 Å². The summed E-state index contributed by atoms with van der Waals surface area (Å²) in [6.07, 6.45) is 1.94. The van der Waals surface area contributed by atoms with E-state index in [9.17, 15) is 4.79 Å². The number of hydrogen-bond donors (Lipinski definition) is 1. The SMILES string of the molecule is COc1ccc(NC(=O)c2ccc(Br)cc2)cc1CCCN(C)C. The normalized spacial score (nSPS) is 10.7. The van der Waals surface area contributed by atoms with Crippen LogP contribution in [0.1, 0.15) is 22.3 Å². The Labute approximate surface area is 151 Å². The fourth-order valence-corrected chi connectivity index (χ4v) is 2.71. The van der Waals surface area contributed by atoms with E-state index >= 15 is 0 Å². The van der Waals surface area contributed by atoms with Crippen molar-refractivity contribution >= 4 is 27.5 Å². The van der Waals surface area contributed by atoms with E-state index in [0.717, 1.165) is 40.9 Å². The quantitative estimate of drug-likeness (QED) is 0.769. The molecule has 0 radical (unpaired) electrons. The van der Waals surface area contributed by atoms with Crippen molar-refractivity contribution in [2.24, 2.45) is 0 Å². The molecule has 0 aliphatic rings. The lowest BCUT2D eigenvalue weighted by atomic mass is 10.1. The smallest absolute Gasteiger partial charge is 0.255 e. The number of carbonyl (C=O) groups excluding carboxylic acids is 1. The van der Waals surface area contributed by atoms with Gasteiger partial charge in [0.2, 0.25) is 0 Å². The molecule has 2 aromatic carbocycles. The number of halogens is 1. The third-order valence-electron chi connectivity index (χ3n) is 3.70. The molecule has 0 atom stereocenters. The summed E-state index contributed by atoms with van der Waals surface area (Å²) < 4.78 is 6.38. The van der Waals surface area contributed by atoms with Crippen molar-refractivity contribution in [2.75, 3.05) is 33.1 Å². The minimum absolute atomic E-state index is 0.119. The van der Waals surface area contributed by atoms with Crippen LogP contribution in [0.5, 0.6) is 5.75 Å². The highest BCUT2D eigenvalue weighted by Gasteiger charge is 2.09. The Hall–Kier alpha value is -1.85. The van der Waals surface area contributed by atoms with Crippen molar-refractivity contribution in [3.05, 3.63) is 58.1 Å². The molecule has 0 unspecified atom stereocenters. The van der Waals surface area contributed by atoms with Crippen LogP contribution in [-0.2, 0) is 6.42 Å². The summed E-state index contributed by atoms with van der Waals surface area (Å²) in [4.78, 5) is 14.5. The molecular weight excluding hydrogens is 368 g/mol. The number of carbonyl (C=O) groups is 1.